The van der Waals surface area contributed by atoms with Crippen LogP contribution < -0.4 is 5.32 Å². The minimum absolute atomic E-state index is 0.0899. The Morgan fingerprint density at radius 2 is 2.05 bits per heavy atom. The van der Waals surface area contributed by atoms with Crippen molar-refractivity contribution >= 4 is 5.69 Å². The van der Waals surface area contributed by atoms with Crippen molar-refractivity contribution in [1.29, 1.82) is 0 Å². The fraction of sp³-hybridized carbons (Fsp3) is 0.357. The average molecular weight is 274 g/mol. The number of nitrogens with zero attached hydrogens (tertiary/aromatic N) is 2. The molecule has 0 atom stereocenters. The third-order valence-electron chi connectivity index (χ3n) is 2.86. The van der Waals surface area contributed by atoms with Crippen molar-refractivity contribution in [2.75, 3.05) is 6.54 Å². The van der Waals surface area contributed by atoms with E-state index in [4.69, 9.17) is 0 Å². The SMILES string of the molecule is CC(C)CNCc1ncc(-c2ccc([N+](=O)[O-])cc2)[nH]1. The fourth-order valence-corrected chi connectivity index (χ4v) is 1.84. The van der Waals surface area contributed by atoms with Gasteiger partial charge < -0.3 is 10.3 Å². The maximum atomic E-state index is 10.6. The molecule has 20 heavy (non-hydrogen) atoms. The van der Waals surface area contributed by atoms with Crippen LogP contribution in [0.1, 0.15) is 19.7 Å². The van der Waals surface area contributed by atoms with Gasteiger partial charge in [0.25, 0.3) is 5.69 Å². The fourth-order valence-electron chi connectivity index (χ4n) is 1.84. The van der Waals surface area contributed by atoms with E-state index in [1.165, 1.54) is 12.1 Å². The number of imidazole rings is 1. The van der Waals surface area contributed by atoms with Crippen LogP contribution in [0.25, 0.3) is 11.3 Å². The summed E-state index contributed by atoms with van der Waals surface area (Å²) in [5.41, 5.74) is 1.84. The number of aromatic nitrogens is 2. The second-order valence-electron chi connectivity index (χ2n) is 5.07. The molecule has 0 fully saturated rings. The number of H-pyrrole nitrogens is 1. The first-order chi connectivity index (χ1) is 9.56. The van der Waals surface area contributed by atoms with Crippen molar-refractivity contribution in [3.63, 3.8) is 0 Å². The molecule has 0 unspecified atom stereocenters. The van der Waals surface area contributed by atoms with Crippen LogP contribution in [-0.4, -0.2) is 21.4 Å². The number of hydrogen-bond acceptors (Lipinski definition) is 4. The van der Waals surface area contributed by atoms with E-state index >= 15 is 0 Å². The Balaban J connectivity index is 2.02. The Kier molecular flexibility index (Phi) is 4.47. The van der Waals surface area contributed by atoms with Gasteiger partial charge in [-0.25, -0.2) is 4.98 Å². The predicted molar refractivity (Wildman–Crippen MR) is 77.2 cm³/mol. The summed E-state index contributed by atoms with van der Waals surface area (Å²) < 4.78 is 0. The lowest BCUT2D eigenvalue weighted by Crippen LogP contribution is -2.19. The van der Waals surface area contributed by atoms with E-state index in [1.807, 2.05) is 0 Å². The summed E-state index contributed by atoms with van der Waals surface area (Å²) in [6, 6.07) is 6.42. The van der Waals surface area contributed by atoms with E-state index in [0.717, 1.165) is 23.6 Å². The average Bonchev–Trinajstić information content (AvgIpc) is 2.87. The maximum absolute atomic E-state index is 10.6. The largest absolute Gasteiger partial charge is 0.341 e. The predicted octanol–water partition coefficient (Wildman–Crippen LogP) is 2.73. The van der Waals surface area contributed by atoms with Crippen molar-refractivity contribution in [3.05, 3.63) is 46.4 Å². The summed E-state index contributed by atoms with van der Waals surface area (Å²) in [7, 11) is 0. The molecular formula is C14H18N4O2. The van der Waals surface area contributed by atoms with Crippen molar-refractivity contribution in [2.24, 2.45) is 5.92 Å². The molecule has 1 heterocycles. The zero-order valence-corrected chi connectivity index (χ0v) is 11.6. The molecule has 6 heteroatoms. The highest BCUT2D eigenvalue weighted by atomic mass is 16.6. The highest BCUT2D eigenvalue weighted by molar-refractivity contribution is 5.60. The van der Waals surface area contributed by atoms with Gasteiger partial charge in [0.1, 0.15) is 5.82 Å². The summed E-state index contributed by atoms with van der Waals surface area (Å²) in [4.78, 5) is 17.7. The molecule has 0 saturated carbocycles. The maximum Gasteiger partial charge on any atom is 0.269 e. The van der Waals surface area contributed by atoms with Crippen molar-refractivity contribution in [2.45, 2.75) is 20.4 Å². The zero-order valence-electron chi connectivity index (χ0n) is 11.6. The number of non-ortho nitro benzene ring substituents is 1. The van der Waals surface area contributed by atoms with Crippen LogP contribution in [0.3, 0.4) is 0 Å². The summed E-state index contributed by atoms with van der Waals surface area (Å²) >= 11 is 0. The van der Waals surface area contributed by atoms with Crippen LogP contribution in [0.2, 0.25) is 0 Å². The first kappa shape index (κ1) is 14.2. The highest BCUT2D eigenvalue weighted by Crippen LogP contribution is 2.20. The first-order valence-corrected chi connectivity index (χ1v) is 6.55. The van der Waals surface area contributed by atoms with Crippen LogP contribution >= 0.6 is 0 Å². The molecule has 0 amide bonds. The number of benzene rings is 1. The van der Waals surface area contributed by atoms with E-state index in [-0.39, 0.29) is 5.69 Å². The van der Waals surface area contributed by atoms with Gasteiger partial charge in [-0.2, -0.15) is 0 Å². The lowest BCUT2D eigenvalue weighted by atomic mass is 10.1. The Morgan fingerprint density at radius 3 is 2.65 bits per heavy atom. The van der Waals surface area contributed by atoms with E-state index in [9.17, 15) is 10.1 Å². The third-order valence-corrected chi connectivity index (χ3v) is 2.86. The van der Waals surface area contributed by atoms with Gasteiger partial charge in [0, 0.05) is 17.7 Å². The standard InChI is InChI=1S/C14H18N4O2/c1-10(2)7-15-9-14-16-8-13(17-14)11-3-5-12(6-4-11)18(19)20/h3-6,8,10,15H,7,9H2,1-2H3,(H,16,17). The number of aromatic amines is 1. The molecule has 0 aliphatic heterocycles. The van der Waals surface area contributed by atoms with Crippen LogP contribution in [0.4, 0.5) is 5.69 Å². The number of rotatable bonds is 6. The molecule has 6 nitrogen and oxygen atoms in total. The molecule has 2 rings (SSSR count). The van der Waals surface area contributed by atoms with Gasteiger partial charge in [-0.15, -0.1) is 0 Å². The molecule has 106 valence electrons. The lowest BCUT2D eigenvalue weighted by molar-refractivity contribution is -0.384. The van der Waals surface area contributed by atoms with Gasteiger partial charge in [0.2, 0.25) is 0 Å². The Labute approximate surface area is 117 Å². The molecule has 0 bridgehead atoms. The third kappa shape index (κ3) is 3.64. The molecule has 0 aliphatic rings. The summed E-state index contributed by atoms with van der Waals surface area (Å²) in [6.45, 7) is 5.92. The molecule has 1 aromatic heterocycles. The van der Waals surface area contributed by atoms with Crippen LogP contribution in [0.15, 0.2) is 30.5 Å². The topological polar surface area (TPSA) is 83.8 Å². The summed E-state index contributed by atoms with van der Waals surface area (Å²) in [5, 5.41) is 13.9. The minimum atomic E-state index is -0.405. The number of nitro benzene ring substituents is 1. The highest BCUT2D eigenvalue weighted by Gasteiger charge is 2.07. The molecule has 2 N–H and O–H groups in total. The summed E-state index contributed by atoms with van der Waals surface area (Å²) in [6.07, 6.45) is 1.74. The molecule has 2 aromatic rings. The Hall–Kier alpha value is -2.21. The van der Waals surface area contributed by atoms with Crippen molar-refractivity contribution in [3.8, 4) is 11.3 Å². The zero-order chi connectivity index (χ0) is 14.5. The number of hydrogen-bond donors (Lipinski definition) is 2. The Morgan fingerprint density at radius 1 is 1.35 bits per heavy atom. The van der Waals surface area contributed by atoms with Gasteiger partial charge >= 0.3 is 0 Å². The van der Waals surface area contributed by atoms with Gasteiger partial charge in [0.15, 0.2) is 0 Å². The van der Waals surface area contributed by atoms with Crippen LogP contribution in [-0.2, 0) is 6.54 Å². The van der Waals surface area contributed by atoms with Gasteiger partial charge in [-0.3, -0.25) is 10.1 Å². The molecule has 0 radical (unpaired) electrons. The van der Waals surface area contributed by atoms with E-state index in [2.05, 4.69) is 29.1 Å². The minimum Gasteiger partial charge on any atom is -0.341 e. The molecule has 0 aliphatic carbocycles. The summed E-state index contributed by atoms with van der Waals surface area (Å²) in [5.74, 6) is 1.46. The molecule has 1 aromatic carbocycles. The first-order valence-electron chi connectivity index (χ1n) is 6.55. The molecule has 0 saturated heterocycles. The van der Waals surface area contributed by atoms with Crippen molar-refractivity contribution in [1.82, 2.24) is 15.3 Å². The number of nitrogens with one attached hydrogen (secondary N) is 2. The van der Waals surface area contributed by atoms with Crippen LogP contribution in [0, 0.1) is 16.0 Å². The second kappa shape index (κ2) is 6.29. The van der Waals surface area contributed by atoms with Gasteiger partial charge in [-0.05, 0) is 24.6 Å². The Bertz CT molecular complexity index is 575. The molecule has 0 spiro atoms. The van der Waals surface area contributed by atoms with E-state index in [1.54, 1.807) is 18.3 Å². The molecular weight excluding hydrogens is 256 g/mol. The monoisotopic (exact) mass is 274 g/mol. The van der Waals surface area contributed by atoms with Crippen molar-refractivity contribution < 1.29 is 4.92 Å². The smallest absolute Gasteiger partial charge is 0.269 e. The normalized spacial score (nSPS) is 10.9. The lowest BCUT2D eigenvalue weighted by Gasteiger charge is -2.04. The second-order valence-corrected chi connectivity index (χ2v) is 5.07. The van der Waals surface area contributed by atoms with Crippen LogP contribution in [0.5, 0.6) is 0 Å². The van der Waals surface area contributed by atoms with Gasteiger partial charge in [0.05, 0.1) is 23.4 Å². The van der Waals surface area contributed by atoms with Gasteiger partial charge in [-0.1, -0.05) is 13.8 Å². The number of nitro groups is 1. The quantitative estimate of drug-likeness (QED) is 0.626. The van der Waals surface area contributed by atoms with E-state index < -0.39 is 4.92 Å². The van der Waals surface area contributed by atoms with E-state index in [0.29, 0.717) is 12.5 Å².